The molecule has 0 aliphatic heterocycles. The van der Waals surface area contributed by atoms with Crippen LogP contribution in [0.5, 0.6) is 0 Å². The third kappa shape index (κ3) is 2.25. The summed E-state index contributed by atoms with van der Waals surface area (Å²) in [5.74, 6) is -2.59. The minimum Gasteiger partial charge on any atom is -0.478 e. The molecule has 1 aromatic heterocycles. The van der Waals surface area contributed by atoms with Crippen LogP contribution in [0.3, 0.4) is 0 Å². The SMILES string of the molecule is CN(C)C(=O)C(=O)c1c[nH]c2cc(Cl)c(C(=O)O)cc12. The number of ketones is 1. The lowest BCUT2D eigenvalue weighted by Crippen LogP contribution is -2.29. The van der Waals surface area contributed by atoms with E-state index in [1.807, 2.05) is 0 Å². The van der Waals surface area contributed by atoms with Crippen LogP contribution >= 0.6 is 11.6 Å². The summed E-state index contributed by atoms with van der Waals surface area (Å²) < 4.78 is 0. The van der Waals surface area contributed by atoms with Crippen LogP contribution in [0.4, 0.5) is 0 Å². The van der Waals surface area contributed by atoms with Crippen LogP contribution in [0.2, 0.25) is 5.02 Å². The van der Waals surface area contributed by atoms with E-state index >= 15 is 0 Å². The fourth-order valence-corrected chi connectivity index (χ4v) is 2.06. The highest BCUT2D eigenvalue weighted by Gasteiger charge is 2.23. The number of likely N-dealkylation sites (N-methyl/N-ethyl adjacent to an activating group) is 1. The van der Waals surface area contributed by atoms with Crippen LogP contribution in [-0.4, -0.2) is 46.7 Å². The number of aromatic amines is 1. The molecule has 1 heterocycles. The van der Waals surface area contributed by atoms with E-state index in [1.165, 1.54) is 32.4 Å². The van der Waals surface area contributed by atoms with Crippen molar-refractivity contribution < 1.29 is 19.5 Å². The molecule has 1 aromatic carbocycles. The number of aromatic nitrogens is 1. The Morgan fingerprint density at radius 3 is 2.40 bits per heavy atom. The highest BCUT2D eigenvalue weighted by molar-refractivity contribution is 6.45. The number of aromatic carboxylic acids is 1. The summed E-state index contributed by atoms with van der Waals surface area (Å²) >= 11 is 5.84. The van der Waals surface area contributed by atoms with Crippen LogP contribution in [0.25, 0.3) is 10.9 Å². The monoisotopic (exact) mass is 294 g/mol. The molecule has 0 bridgehead atoms. The van der Waals surface area contributed by atoms with Crippen molar-refractivity contribution in [3.63, 3.8) is 0 Å². The quantitative estimate of drug-likeness (QED) is 0.667. The minimum absolute atomic E-state index is 0.0600. The van der Waals surface area contributed by atoms with Gasteiger partial charge in [0.25, 0.3) is 11.7 Å². The van der Waals surface area contributed by atoms with Gasteiger partial charge in [-0.25, -0.2) is 4.79 Å². The molecular weight excluding hydrogens is 284 g/mol. The molecule has 1 amide bonds. The summed E-state index contributed by atoms with van der Waals surface area (Å²) in [6.45, 7) is 0. The average Bonchev–Trinajstić information content (AvgIpc) is 2.78. The Morgan fingerprint density at radius 2 is 1.85 bits per heavy atom. The predicted octanol–water partition coefficient (Wildman–Crippen LogP) is 1.79. The van der Waals surface area contributed by atoms with Crippen LogP contribution in [0.1, 0.15) is 20.7 Å². The minimum atomic E-state index is -1.20. The number of carbonyl (C=O) groups is 3. The number of carbonyl (C=O) groups excluding carboxylic acids is 2. The van der Waals surface area contributed by atoms with Crippen molar-refractivity contribution in [2.45, 2.75) is 0 Å². The first-order valence-electron chi connectivity index (χ1n) is 5.63. The molecule has 0 fully saturated rings. The van der Waals surface area contributed by atoms with Crippen LogP contribution < -0.4 is 0 Å². The number of amides is 1. The zero-order valence-electron chi connectivity index (χ0n) is 10.7. The molecule has 7 heteroatoms. The number of rotatable bonds is 3. The molecule has 104 valence electrons. The molecule has 0 saturated heterocycles. The number of fused-ring (bicyclic) bond motifs is 1. The van der Waals surface area contributed by atoms with Gasteiger partial charge in [-0.3, -0.25) is 9.59 Å². The molecule has 0 aliphatic rings. The number of carboxylic acids is 1. The number of halogens is 1. The van der Waals surface area contributed by atoms with E-state index in [-0.39, 0.29) is 16.1 Å². The van der Waals surface area contributed by atoms with Gasteiger partial charge in [-0.2, -0.15) is 0 Å². The lowest BCUT2D eigenvalue weighted by molar-refractivity contribution is -0.124. The molecule has 0 atom stereocenters. The normalized spacial score (nSPS) is 10.6. The van der Waals surface area contributed by atoms with Crippen molar-refractivity contribution >= 4 is 40.2 Å². The Labute approximate surface area is 118 Å². The first kappa shape index (κ1) is 14.1. The van der Waals surface area contributed by atoms with Crippen molar-refractivity contribution in [1.29, 1.82) is 0 Å². The molecule has 2 aromatic rings. The lowest BCUT2D eigenvalue weighted by atomic mass is 10.1. The average molecular weight is 295 g/mol. The summed E-state index contributed by atoms with van der Waals surface area (Å²) in [5, 5.41) is 9.45. The largest absolute Gasteiger partial charge is 0.478 e. The second-order valence-electron chi connectivity index (χ2n) is 4.41. The van der Waals surface area contributed by atoms with Crippen LogP contribution in [0.15, 0.2) is 18.3 Å². The van der Waals surface area contributed by atoms with Crippen molar-refractivity contribution in [3.05, 3.63) is 34.5 Å². The Kier molecular flexibility index (Phi) is 3.50. The van der Waals surface area contributed by atoms with E-state index in [4.69, 9.17) is 16.7 Å². The van der Waals surface area contributed by atoms with Gasteiger partial charge in [-0.05, 0) is 12.1 Å². The summed E-state index contributed by atoms with van der Waals surface area (Å²) in [6.07, 6.45) is 1.37. The molecule has 0 unspecified atom stereocenters. The fraction of sp³-hybridized carbons (Fsp3) is 0.154. The highest BCUT2D eigenvalue weighted by Crippen LogP contribution is 2.26. The number of nitrogens with zero attached hydrogens (tertiary/aromatic N) is 1. The Balaban J connectivity index is 2.62. The van der Waals surface area contributed by atoms with Gasteiger partial charge in [0.1, 0.15) is 0 Å². The summed E-state index contributed by atoms with van der Waals surface area (Å²) in [5.41, 5.74) is 0.498. The first-order valence-corrected chi connectivity index (χ1v) is 6.00. The number of H-pyrrole nitrogens is 1. The number of benzene rings is 1. The maximum Gasteiger partial charge on any atom is 0.337 e. The van der Waals surface area contributed by atoms with E-state index in [0.717, 1.165) is 4.90 Å². The van der Waals surface area contributed by atoms with Crippen molar-refractivity contribution in [2.24, 2.45) is 0 Å². The van der Waals surface area contributed by atoms with Gasteiger partial charge in [0, 0.05) is 31.2 Å². The molecule has 2 N–H and O–H groups in total. The molecule has 20 heavy (non-hydrogen) atoms. The standard InChI is InChI=1S/C13H11ClN2O4/c1-16(2)12(18)11(17)8-5-15-10-4-9(14)7(13(19)20)3-6(8)10/h3-5,15H,1-2H3,(H,19,20). The third-order valence-corrected chi connectivity index (χ3v) is 3.16. The van der Waals surface area contributed by atoms with Crippen molar-refractivity contribution in [3.8, 4) is 0 Å². The third-order valence-electron chi connectivity index (χ3n) is 2.84. The maximum atomic E-state index is 12.0. The van der Waals surface area contributed by atoms with E-state index < -0.39 is 17.7 Å². The fourth-order valence-electron chi connectivity index (χ4n) is 1.81. The van der Waals surface area contributed by atoms with Crippen molar-refractivity contribution in [1.82, 2.24) is 9.88 Å². The van der Waals surface area contributed by atoms with Crippen molar-refractivity contribution in [2.75, 3.05) is 14.1 Å². The van der Waals surface area contributed by atoms with E-state index in [2.05, 4.69) is 4.98 Å². The zero-order valence-corrected chi connectivity index (χ0v) is 11.5. The predicted molar refractivity (Wildman–Crippen MR) is 73.3 cm³/mol. The molecule has 6 nitrogen and oxygen atoms in total. The molecule has 0 spiro atoms. The Morgan fingerprint density at radius 1 is 1.20 bits per heavy atom. The van der Waals surface area contributed by atoms with Gasteiger partial charge < -0.3 is 15.0 Å². The second-order valence-corrected chi connectivity index (χ2v) is 4.82. The van der Waals surface area contributed by atoms with Gasteiger partial charge in [0.05, 0.1) is 16.1 Å². The Hall–Kier alpha value is -2.34. The smallest absolute Gasteiger partial charge is 0.337 e. The van der Waals surface area contributed by atoms with E-state index in [9.17, 15) is 14.4 Å². The summed E-state index contributed by atoms with van der Waals surface area (Å²) in [7, 11) is 2.93. The molecule has 0 saturated carbocycles. The van der Waals surface area contributed by atoms with Crippen LogP contribution in [0, 0.1) is 0 Å². The lowest BCUT2D eigenvalue weighted by Gasteiger charge is -2.08. The second kappa shape index (κ2) is 4.97. The zero-order chi connectivity index (χ0) is 15.0. The molecular formula is C13H11ClN2O4. The van der Waals surface area contributed by atoms with E-state index in [0.29, 0.717) is 10.9 Å². The van der Waals surface area contributed by atoms with Gasteiger partial charge in [0.2, 0.25) is 0 Å². The molecule has 0 aliphatic carbocycles. The summed E-state index contributed by atoms with van der Waals surface area (Å²) in [4.78, 5) is 38.7. The molecule has 0 radical (unpaired) electrons. The number of Topliss-reactive ketones (excluding diaryl/α,β-unsaturated/α-hetero) is 1. The van der Waals surface area contributed by atoms with Crippen LogP contribution in [-0.2, 0) is 4.79 Å². The maximum absolute atomic E-state index is 12.0. The van der Waals surface area contributed by atoms with Gasteiger partial charge in [0.15, 0.2) is 0 Å². The Bertz CT molecular complexity index is 733. The number of hydrogen-bond acceptors (Lipinski definition) is 3. The number of nitrogens with one attached hydrogen (secondary N) is 1. The molecule has 2 rings (SSSR count). The summed E-state index contributed by atoms with van der Waals surface area (Å²) in [6, 6.07) is 2.70. The van der Waals surface area contributed by atoms with Gasteiger partial charge in [-0.15, -0.1) is 0 Å². The highest BCUT2D eigenvalue weighted by atomic mass is 35.5. The van der Waals surface area contributed by atoms with Gasteiger partial charge >= 0.3 is 5.97 Å². The topological polar surface area (TPSA) is 90.5 Å². The number of hydrogen-bond donors (Lipinski definition) is 2. The van der Waals surface area contributed by atoms with Gasteiger partial charge in [-0.1, -0.05) is 11.6 Å². The number of carboxylic acid groups (broad SMARTS) is 1. The first-order chi connectivity index (χ1) is 9.32. The van der Waals surface area contributed by atoms with E-state index in [1.54, 1.807) is 0 Å².